The van der Waals surface area contributed by atoms with Gasteiger partial charge in [0.25, 0.3) is 0 Å². The third kappa shape index (κ3) is 2.51. The van der Waals surface area contributed by atoms with E-state index < -0.39 is 5.60 Å². The maximum absolute atomic E-state index is 12.6. The van der Waals surface area contributed by atoms with Gasteiger partial charge >= 0.3 is 5.97 Å². The van der Waals surface area contributed by atoms with Gasteiger partial charge in [0.2, 0.25) is 0 Å². The van der Waals surface area contributed by atoms with Crippen LogP contribution >= 0.6 is 0 Å². The smallest absolute Gasteiger partial charge is 0.302 e. The zero-order valence-corrected chi connectivity index (χ0v) is 20.8. The second-order valence-electron chi connectivity index (χ2n) is 12.0. The van der Waals surface area contributed by atoms with Crippen LogP contribution in [-0.2, 0) is 23.7 Å². The van der Waals surface area contributed by atoms with Crippen LogP contribution in [0.1, 0.15) is 46.0 Å². The summed E-state index contributed by atoms with van der Waals surface area (Å²) < 4.78 is 24.3. The SMILES string of the molecule is CCN1C[C@]2(COC)CC[C@H](OC)[C@@]34[C@@H]5C[C@H]6[C@H](OC(C)=O)[C@@H]5[C@](O)(C[C@@H]6OC)[C@@H](C[C@H]23)[C@@H]14. The van der Waals surface area contributed by atoms with Crippen molar-refractivity contribution in [1.82, 2.24) is 4.90 Å². The maximum atomic E-state index is 12.6. The number of carbonyl (C=O) groups is 1. The van der Waals surface area contributed by atoms with Crippen LogP contribution in [0.4, 0.5) is 0 Å². The Balaban J connectivity index is 1.57. The molecule has 1 saturated heterocycles. The van der Waals surface area contributed by atoms with Crippen LogP contribution < -0.4 is 0 Å². The Morgan fingerprint density at radius 2 is 1.94 bits per heavy atom. The lowest BCUT2D eigenvalue weighted by Crippen LogP contribution is -2.76. The van der Waals surface area contributed by atoms with Crippen LogP contribution in [0.2, 0.25) is 0 Å². The van der Waals surface area contributed by atoms with Crippen molar-refractivity contribution in [2.45, 2.75) is 75.9 Å². The summed E-state index contributed by atoms with van der Waals surface area (Å²) in [6.07, 6.45) is 4.52. The molecule has 7 heteroatoms. The van der Waals surface area contributed by atoms with E-state index in [0.29, 0.717) is 18.4 Å². The third-order valence-electron chi connectivity index (χ3n) is 11.4. The first-order valence-corrected chi connectivity index (χ1v) is 13.0. The number of aliphatic hydroxyl groups is 1. The monoisotopic (exact) mass is 463 g/mol. The molecule has 186 valence electrons. The van der Waals surface area contributed by atoms with Gasteiger partial charge in [-0.05, 0) is 44.1 Å². The number of carbonyl (C=O) groups excluding carboxylic acids is 1. The number of ether oxygens (including phenoxy) is 4. The minimum Gasteiger partial charge on any atom is -0.462 e. The van der Waals surface area contributed by atoms with Gasteiger partial charge in [0.05, 0.1) is 24.4 Å². The molecule has 1 spiro atoms. The van der Waals surface area contributed by atoms with Crippen LogP contribution in [0, 0.1) is 40.4 Å². The van der Waals surface area contributed by atoms with Crippen LogP contribution in [0.25, 0.3) is 0 Å². The van der Waals surface area contributed by atoms with Gasteiger partial charge in [0, 0.05) is 75.8 Å². The van der Waals surface area contributed by atoms with Gasteiger partial charge < -0.3 is 24.1 Å². The molecule has 0 amide bonds. The number of rotatable bonds is 6. The highest BCUT2D eigenvalue weighted by atomic mass is 16.5. The van der Waals surface area contributed by atoms with Gasteiger partial charge in [-0.25, -0.2) is 0 Å². The number of fused-ring (bicyclic) bond motifs is 2. The molecule has 7 bridgehead atoms. The van der Waals surface area contributed by atoms with Gasteiger partial charge in [0.15, 0.2) is 0 Å². The minimum absolute atomic E-state index is 0.0445. The molecule has 5 saturated carbocycles. The van der Waals surface area contributed by atoms with Gasteiger partial charge in [0.1, 0.15) is 6.10 Å². The molecule has 6 rings (SSSR count). The second kappa shape index (κ2) is 7.39. The summed E-state index contributed by atoms with van der Waals surface area (Å²) in [5, 5.41) is 12.6. The van der Waals surface area contributed by atoms with Crippen LogP contribution in [0.3, 0.4) is 0 Å². The summed E-state index contributed by atoms with van der Waals surface area (Å²) in [6, 6.07) is 0.293. The van der Waals surface area contributed by atoms with Gasteiger partial charge in [-0.15, -0.1) is 0 Å². The van der Waals surface area contributed by atoms with Crippen molar-refractivity contribution >= 4 is 5.97 Å². The molecule has 1 heterocycles. The van der Waals surface area contributed by atoms with Crippen LogP contribution in [-0.4, -0.2) is 87.0 Å². The average Bonchev–Trinajstić information content (AvgIpc) is 3.22. The first-order chi connectivity index (χ1) is 15.8. The molecule has 12 atom stereocenters. The number of methoxy groups -OCH3 is 3. The lowest BCUT2D eigenvalue weighted by atomic mass is 9.43. The molecule has 1 aliphatic heterocycles. The standard InChI is InChI=1S/C26H41NO6/c1-6-27-12-24(13-30-3)8-7-20(32-5)26-16-9-15-18(31-4)11-25(29,17(23(26)27)10-19(24)26)21(16)22(15)33-14(2)28/h15-23,29H,6-13H2,1-5H3/t15-,16-,17+,18+,19-,20+,21-,22+,23-,24+,25+,26-/m1/s1. The van der Waals surface area contributed by atoms with E-state index in [1.54, 1.807) is 7.11 Å². The van der Waals surface area contributed by atoms with E-state index in [1.807, 2.05) is 14.2 Å². The quantitative estimate of drug-likeness (QED) is 0.605. The highest BCUT2D eigenvalue weighted by Crippen LogP contribution is 2.79. The number of likely N-dealkylation sites (tertiary alicyclic amines) is 1. The highest BCUT2D eigenvalue weighted by Gasteiger charge is 2.84. The second-order valence-corrected chi connectivity index (χ2v) is 12.0. The number of hydrogen-bond donors (Lipinski definition) is 1. The summed E-state index contributed by atoms with van der Waals surface area (Å²) >= 11 is 0. The van der Waals surface area contributed by atoms with Crippen molar-refractivity contribution in [3.63, 3.8) is 0 Å². The number of hydrogen-bond acceptors (Lipinski definition) is 7. The predicted molar refractivity (Wildman–Crippen MR) is 120 cm³/mol. The Kier molecular flexibility index (Phi) is 5.09. The van der Waals surface area contributed by atoms with Crippen molar-refractivity contribution in [3.8, 4) is 0 Å². The van der Waals surface area contributed by atoms with Crippen molar-refractivity contribution < 1.29 is 28.8 Å². The van der Waals surface area contributed by atoms with Crippen molar-refractivity contribution in [2.24, 2.45) is 40.4 Å². The summed E-state index contributed by atoms with van der Waals surface area (Å²) in [6.45, 7) is 6.53. The normalized spacial score (nSPS) is 56.1. The molecule has 1 N–H and O–H groups in total. The molecular weight excluding hydrogens is 422 g/mol. The Morgan fingerprint density at radius 3 is 2.58 bits per heavy atom. The summed E-state index contributed by atoms with van der Waals surface area (Å²) in [5.41, 5.74) is -0.840. The Hall–Kier alpha value is -0.730. The van der Waals surface area contributed by atoms with E-state index in [9.17, 15) is 9.90 Å². The summed E-state index contributed by atoms with van der Waals surface area (Å²) in [5.74, 6) is 0.677. The Bertz CT molecular complexity index is 823. The molecule has 0 unspecified atom stereocenters. The first-order valence-electron chi connectivity index (χ1n) is 13.0. The van der Waals surface area contributed by atoms with Crippen molar-refractivity contribution in [3.05, 3.63) is 0 Å². The lowest BCUT2D eigenvalue weighted by molar-refractivity contribution is -0.277. The largest absolute Gasteiger partial charge is 0.462 e. The zero-order valence-electron chi connectivity index (χ0n) is 20.8. The minimum atomic E-state index is -0.888. The zero-order chi connectivity index (χ0) is 23.3. The van der Waals surface area contributed by atoms with E-state index in [2.05, 4.69) is 11.8 Å². The molecule has 6 fully saturated rings. The fourth-order valence-electron chi connectivity index (χ4n) is 11.0. The van der Waals surface area contributed by atoms with Gasteiger partial charge in [-0.1, -0.05) is 6.92 Å². The van der Waals surface area contributed by atoms with Gasteiger partial charge in [-0.2, -0.15) is 0 Å². The predicted octanol–water partition coefficient (Wildman–Crippen LogP) is 2.10. The molecule has 7 nitrogen and oxygen atoms in total. The van der Waals surface area contributed by atoms with E-state index in [-0.39, 0.29) is 58.8 Å². The topological polar surface area (TPSA) is 77.5 Å². The first kappa shape index (κ1) is 22.7. The van der Waals surface area contributed by atoms with E-state index in [1.165, 1.54) is 6.92 Å². The third-order valence-corrected chi connectivity index (χ3v) is 11.4. The van der Waals surface area contributed by atoms with E-state index in [0.717, 1.165) is 45.4 Å². The summed E-state index contributed by atoms with van der Waals surface area (Å²) in [7, 11) is 5.46. The maximum Gasteiger partial charge on any atom is 0.302 e. The molecule has 6 aliphatic rings. The highest BCUT2D eigenvalue weighted by molar-refractivity contribution is 5.66. The van der Waals surface area contributed by atoms with Crippen LogP contribution in [0.5, 0.6) is 0 Å². The number of piperidine rings is 1. The molecule has 0 aromatic heterocycles. The molecule has 5 aliphatic carbocycles. The lowest BCUT2D eigenvalue weighted by Gasteiger charge is -2.69. The molecule has 33 heavy (non-hydrogen) atoms. The Labute approximate surface area is 197 Å². The van der Waals surface area contributed by atoms with Gasteiger partial charge in [-0.3, -0.25) is 9.69 Å². The van der Waals surface area contributed by atoms with E-state index in [4.69, 9.17) is 18.9 Å². The van der Waals surface area contributed by atoms with Crippen molar-refractivity contribution in [2.75, 3.05) is 41.0 Å². The molecule has 0 aromatic carbocycles. The fraction of sp³-hybridized carbons (Fsp3) is 0.962. The molecule has 0 aromatic rings. The van der Waals surface area contributed by atoms with E-state index >= 15 is 0 Å². The summed E-state index contributed by atoms with van der Waals surface area (Å²) in [4.78, 5) is 14.9. The molecular formula is C26H41NO6. The molecule has 0 radical (unpaired) electrons. The average molecular weight is 464 g/mol. The van der Waals surface area contributed by atoms with Crippen LogP contribution in [0.15, 0.2) is 0 Å². The van der Waals surface area contributed by atoms with Crippen molar-refractivity contribution in [1.29, 1.82) is 0 Å². The fourth-order valence-corrected chi connectivity index (χ4v) is 11.0. The Morgan fingerprint density at radius 1 is 1.15 bits per heavy atom. The number of nitrogens with zero attached hydrogens (tertiary/aromatic N) is 1. The number of esters is 1.